The number of nitrogen functional groups attached to an aromatic ring is 1. The summed E-state index contributed by atoms with van der Waals surface area (Å²) in [6.07, 6.45) is 1.70. The van der Waals surface area contributed by atoms with Crippen molar-refractivity contribution >= 4 is 22.6 Å². The van der Waals surface area contributed by atoms with Crippen LogP contribution in [0.5, 0.6) is 5.75 Å². The Morgan fingerprint density at radius 3 is 2.61 bits per heavy atom. The van der Waals surface area contributed by atoms with Gasteiger partial charge in [-0.15, -0.1) is 0 Å². The van der Waals surface area contributed by atoms with Crippen molar-refractivity contribution in [3.63, 3.8) is 0 Å². The maximum Gasteiger partial charge on any atom is 0.350 e. The molecule has 31 heavy (non-hydrogen) atoms. The van der Waals surface area contributed by atoms with Crippen molar-refractivity contribution in [3.8, 4) is 5.75 Å². The van der Waals surface area contributed by atoms with Gasteiger partial charge in [-0.2, -0.15) is 4.68 Å². The molecule has 11 nitrogen and oxygen atoms in total. The summed E-state index contributed by atoms with van der Waals surface area (Å²) in [5.41, 5.74) is 11.7. The lowest BCUT2D eigenvalue weighted by Gasteiger charge is -2.25. The number of anilines is 1. The average molecular weight is 431 g/mol. The second-order valence-corrected chi connectivity index (χ2v) is 8.53. The molecule has 2 aliphatic rings. The number of rotatable bonds is 6. The Labute approximate surface area is 178 Å². The Morgan fingerprint density at radius 1 is 1.29 bits per heavy atom. The van der Waals surface area contributed by atoms with E-state index in [1.54, 1.807) is 10.6 Å². The molecule has 0 bridgehead atoms. The van der Waals surface area contributed by atoms with E-state index in [2.05, 4.69) is 17.1 Å². The van der Waals surface area contributed by atoms with E-state index < -0.39 is 17.3 Å². The number of fused-ring (bicyclic) bond motifs is 1. The highest BCUT2D eigenvalue weighted by molar-refractivity contribution is 5.91. The number of urea groups is 1. The minimum absolute atomic E-state index is 0.00750. The molecule has 1 saturated heterocycles. The molecule has 4 rings (SSSR count). The molecule has 2 amide bonds. The SMILES string of the molecule is COc1c(N2C[C@H]([C@H](N)CNC(N)=O)[C@@H](C)C2)ccc2c(=O)n(N)c(=O)n(C3CC3)c12. The molecule has 11 heteroatoms. The van der Waals surface area contributed by atoms with Crippen molar-refractivity contribution < 1.29 is 9.53 Å². The van der Waals surface area contributed by atoms with Gasteiger partial charge in [0, 0.05) is 31.7 Å². The summed E-state index contributed by atoms with van der Waals surface area (Å²) in [4.78, 5) is 38.6. The molecular weight excluding hydrogens is 402 g/mol. The first kappa shape index (κ1) is 21.0. The normalized spacial score (nSPS) is 22.0. The van der Waals surface area contributed by atoms with Crippen LogP contribution in [0.2, 0.25) is 0 Å². The number of nitrogens with zero attached hydrogens (tertiary/aromatic N) is 3. The molecule has 2 heterocycles. The predicted molar refractivity (Wildman–Crippen MR) is 118 cm³/mol. The van der Waals surface area contributed by atoms with Gasteiger partial charge in [-0.05, 0) is 36.8 Å². The summed E-state index contributed by atoms with van der Waals surface area (Å²) in [6, 6.07) is 2.68. The minimum Gasteiger partial charge on any atom is -0.492 e. The van der Waals surface area contributed by atoms with Gasteiger partial charge in [0.05, 0.1) is 18.2 Å². The molecule has 1 saturated carbocycles. The molecule has 2 aromatic rings. The lowest BCUT2D eigenvalue weighted by atomic mass is 9.91. The quantitative estimate of drug-likeness (QED) is 0.439. The van der Waals surface area contributed by atoms with Crippen molar-refractivity contribution in [1.29, 1.82) is 0 Å². The zero-order chi connectivity index (χ0) is 22.4. The van der Waals surface area contributed by atoms with Gasteiger partial charge >= 0.3 is 11.7 Å². The van der Waals surface area contributed by atoms with Gasteiger partial charge in [-0.1, -0.05) is 6.92 Å². The lowest BCUT2D eigenvalue weighted by Crippen LogP contribution is -2.45. The van der Waals surface area contributed by atoms with Crippen molar-refractivity contribution in [2.45, 2.75) is 31.8 Å². The van der Waals surface area contributed by atoms with E-state index in [0.29, 0.717) is 34.4 Å². The number of nitrogens with one attached hydrogen (secondary N) is 1. The van der Waals surface area contributed by atoms with Crippen LogP contribution in [0.25, 0.3) is 10.9 Å². The van der Waals surface area contributed by atoms with E-state index in [1.165, 1.54) is 7.11 Å². The molecule has 1 aliphatic carbocycles. The number of methoxy groups -OCH3 is 1. The molecule has 0 unspecified atom stereocenters. The van der Waals surface area contributed by atoms with Crippen LogP contribution in [0.15, 0.2) is 21.7 Å². The highest BCUT2D eigenvalue weighted by Crippen LogP contribution is 2.42. The van der Waals surface area contributed by atoms with Crippen molar-refractivity contribution in [2.75, 3.05) is 37.5 Å². The van der Waals surface area contributed by atoms with Gasteiger partial charge in [0.25, 0.3) is 5.56 Å². The topological polar surface area (TPSA) is 164 Å². The van der Waals surface area contributed by atoms with Crippen LogP contribution in [0, 0.1) is 11.8 Å². The van der Waals surface area contributed by atoms with Gasteiger partial charge in [-0.3, -0.25) is 9.36 Å². The Kier molecular flexibility index (Phi) is 5.29. The first-order valence-corrected chi connectivity index (χ1v) is 10.4. The fraction of sp³-hybridized carbons (Fsp3) is 0.550. The second kappa shape index (κ2) is 7.80. The highest BCUT2D eigenvalue weighted by Gasteiger charge is 2.36. The number of carbonyl (C=O) groups excluding carboxylic acids is 1. The minimum atomic E-state index is -0.599. The number of carbonyl (C=O) groups is 1. The first-order chi connectivity index (χ1) is 14.7. The first-order valence-electron chi connectivity index (χ1n) is 10.4. The van der Waals surface area contributed by atoms with Crippen LogP contribution < -0.4 is 43.5 Å². The third-order valence-electron chi connectivity index (χ3n) is 6.40. The van der Waals surface area contributed by atoms with E-state index in [9.17, 15) is 14.4 Å². The second-order valence-electron chi connectivity index (χ2n) is 8.53. The summed E-state index contributed by atoms with van der Waals surface area (Å²) in [5, 5.41) is 2.92. The van der Waals surface area contributed by atoms with E-state index >= 15 is 0 Å². The molecule has 168 valence electrons. The molecule has 0 spiro atoms. The Bertz CT molecular complexity index is 1140. The molecule has 1 aliphatic heterocycles. The summed E-state index contributed by atoms with van der Waals surface area (Å²) < 4.78 is 8.00. The van der Waals surface area contributed by atoms with Crippen LogP contribution in [0.4, 0.5) is 10.5 Å². The fourth-order valence-electron chi connectivity index (χ4n) is 4.64. The summed E-state index contributed by atoms with van der Waals surface area (Å²) in [7, 11) is 1.54. The van der Waals surface area contributed by atoms with E-state index in [4.69, 9.17) is 22.0 Å². The lowest BCUT2D eigenvalue weighted by molar-refractivity contribution is 0.246. The summed E-state index contributed by atoms with van der Waals surface area (Å²) >= 11 is 0. The van der Waals surface area contributed by atoms with Gasteiger partial charge in [0.1, 0.15) is 5.52 Å². The van der Waals surface area contributed by atoms with Crippen LogP contribution in [-0.4, -0.2) is 48.1 Å². The number of hydrogen-bond donors (Lipinski definition) is 4. The Hall–Kier alpha value is -3.21. The Balaban J connectivity index is 1.76. The fourth-order valence-corrected chi connectivity index (χ4v) is 4.64. The zero-order valence-corrected chi connectivity index (χ0v) is 17.7. The maximum absolute atomic E-state index is 12.8. The number of primary amides is 1. The van der Waals surface area contributed by atoms with Gasteiger partial charge in [-0.25, -0.2) is 9.59 Å². The highest BCUT2D eigenvalue weighted by atomic mass is 16.5. The number of amides is 2. The van der Waals surface area contributed by atoms with E-state index in [0.717, 1.165) is 25.1 Å². The van der Waals surface area contributed by atoms with Crippen LogP contribution in [0.3, 0.4) is 0 Å². The van der Waals surface area contributed by atoms with Crippen molar-refractivity contribution in [3.05, 3.63) is 33.0 Å². The van der Waals surface area contributed by atoms with Gasteiger partial charge < -0.3 is 32.3 Å². The zero-order valence-electron chi connectivity index (χ0n) is 17.7. The third kappa shape index (κ3) is 3.58. The number of aromatic nitrogens is 2. The molecule has 7 N–H and O–H groups in total. The standard InChI is InChI=1S/C20H29N7O4/c1-10-8-25(9-13(10)14(21)7-24-19(22)29)15-6-5-12-16(17(15)31-2)26(11-3-4-11)20(30)27(23)18(12)28/h5-6,10-11,13-14H,3-4,7-9,21,23H2,1-2H3,(H3,22,24,29)/t10-,13-,14+/m0/s1. The van der Waals surface area contributed by atoms with Crippen molar-refractivity contribution in [1.82, 2.24) is 14.6 Å². The summed E-state index contributed by atoms with van der Waals surface area (Å²) in [5.74, 6) is 6.61. The molecule has 2 fully saturated rings. The molecule has 1 aromatic heterocycles. The number of nitrogens with two attached hydrogens (primary N) is 3. The smallest absolute Gasteiger partial charge is 0.350 e. The van der Waals surface area contributed by atoms with Crippen LogP contribution >= 0.6 is 0 Å². The number of benzene rings is 1. The third-order valence-corrected chi connectivity index (χ3v) is 6.40. The van der Waals surface area contributed by atoms with Gasteiger partial charge in [0.2, 0.25) is 0 Å². The predicted octanol–water partition coefficient (Wildman–Crippen LogP) is -0.712. The monoisotopic (exact) mass is 431 g/mol. The molecular formula is C20H29N7O4. The van der Waals surface area contributed by atoms with Crippen molar-refractivity contribution in [2.24, 2.45) is 23.3 Å². The van der Waals surface area contributed by atoms with E-state index in [1.807, 2.05) is 6.07 Å². The Morgan fingerprint density at radius 2 is 2.00 bits per heavy atom. The largest absolute Gasteiger partial charge is 0.492 e. The summed E-state index contributed by atoms with van der Waals surface area (Å²) in [6.45, 7) is 3.77. The van der Waals surface area contributed by atoms with Crippen LogP contribution in [0.1, 0.15) is 25.8 Å². The van der Waals surface area contributed by atoms with Gasteiger partial charge in [0.15, 0.2) is 5.75 Å². The average Bonchev–Trinajstić information content (AvgIpc) is 3.50. The molecule has 3 atom stereocenters. The molecule has 1 aromatic carbocycles. The molecule has 0 radical (unpaired) electrons. The number of ether oxygens (including phenoxy) is 1. The maximum atomic E-state index is 12.8. The number of hydrogen-bond acceptors (Lipinski definition) is 7. The van der Waals surface area contributed by atoms with Crippen LogP contribution in [-0.2, 0) is 0 Å². The van der Waals surface area contributed by atoms with E-state index in [-0.39, 0.29) is 23.9 Å².